The molecule has 3 aromatic rings. The van der Waals surface area contributed by atoms with Gasteiger partial charge in [0, 0.05) is 25.0 Å². The predicted octanol–water partition coefficient (Wildman–Crippen LogP) is 2.54. The molecule has 14 heteroatoms. The van der Waals surface area contributed by atoms with Gasteiger partial charge in [0.15, 0.2) is 9.47 Å². The molecule has 0 radical (unpaired) electrons. The van der Waals surface area contributed by atoms with Crippen molar-refractivity contribution >= 4 is 66.5 Å². The van der Waals surface area contributed by atoms with E-state index in [1.807, 2.05) is 12.3 Å². The number of carbonyl (C=O) groups is 2. The zero-order valence-corrected chi connectivity index (χ0v) is 19.9. The number of thioether (sulfide) groups is 1. The van der Waals surface area contributed by atoms with Crippen LogP contribution in [0.3, 0.4) is 0 Å². The number of nitrogens with zero attached hydrogens (tertiary/aromatic N) is 4. The lowest BCUT2D eigenvalue weighted by atomic mass is 10.2. The molecule has 2 heterocycles. The van der Waals surface area contributed by atoms with E-state index in [9.17, 15) is 18.0 Å². The van der Waals surface area contributed by atoms with Gasteiger partial charge in [0.25, 0.3) is 5.91 Å². The molecule has 0 aliphatic heterocycles. The molecule has 10 nitrogen and oxygen atoms in total. The standard InChI is InChI=1S/C17H18N6O4S4/c1-10-8-28-15(18-10)19-13(24)9-29-17-22-21-16(30-17)20-14(25)11-4-6-12(7-5-11)31(26,27)23(2)3/h4-8H,9H2,1-3H3,(H,18,19,24)(H,20,21,25). The van der Waals surface area contributed by atoms with Crippen molar-refractivity contribution < 1.29 is 18.0 Å². The molecule has 2 amide bonds. The van der Waals surface area contributed by atoms with Crippen LogP contribution in [-0.4, -0.2) is 59.6 Å². The predicted molar refractivity (Wildman–Crippen MR) is 121 cm³/mol. The van der Waals surface area contributed by atoms with Crippen LogP contribution >= 0.6 is 34.4 Å². The van der Waals surface area contributed by atoms with Crippen LogP contribution < -0.4 is 10.6 Å². The lowest BCUT2D eigenvalue weighted by Gasteiger charge is -2.11. The monoisotopic (exact) mass is 498 g/mol. The van der Waals surface area contributed by atoms with E-state index >= 15 is 0 Å². The van der Waals surface area contributed by atoms with Crippen molar-refractivity contribution in [3.8, 4) is 0 Å². The Morgan fingerprint density at radius 1 is 1.10 bits per heavy atom. The first-order valence-corrected chi connectivity index (χ1v) is 12.8. The smallest absolute Gasteiger partial charge is 0.257 e. The summed E-state index contributed by atoms with van der Waals surface area (Å²) < 4.78 is 25.8. The second kappa shape index (κ2) is 9.82. The molecule has 0 aliphatic carbocycles. The fraction of sp³-hybridized carbons (Fsp3) is 0.235. The molecule has 0 unspecified atom stereocenters. The van der Waals surface area contributed by atoms with Crippen molar-refractivity contribution in [3.63, 3.8) is 0 Å². The molecule has 2 N–H and O–H groups in total. The van der Waals surface area contributed by atoms with Crippen LogP contribution in [0.15, 0.2) is 38.9 Å². The number of rotatable bonds is 8. The SMILES string of the molecule is Cc1csc(NC(=O)CSc2nnc(NC(=O)c3ccc(S(=O)(=O)N(C)C)cc3)s2)n1. The quantitative estimate of drug-likeness (QED) is 0.357. The first kappa shape index (κ1) is 23.3. The third-order valence-electron chi connectivity index (χ3n) is 3.71. The number of aromatic nitrogens is 3. The van der Waals surface area contributed by atoms with Gasteiger partial charge in [-0.3, -0.25) is 14.9 Å². The van der Waals surface area contributed by atoms with E-state index in [1.54, 1.807) is 0 Å². The van der Waals surface area contributed by atoms with E-state index in [0.717, 1.165) is 21.3 Å². The molecule has 31 heavy (non-hydrogen) atoms. The van der Waals surface area contributed by atoms with E-state index in [0.29, 0.717) is 9.47 Å². The highest BCUT2D eigenvalue weighted by Crippen LogP contribution is 2.26. The highest BCUT2D eigenvalue weighted by atomic mass is 32.2. The second-order valence-corrected chi connectivity index (χ2v) is 11.5. The molecule has 0 aliphatic rings. The Morgan fingerprint density at radius 3 is 2.42 bits per heavy atom. The summed E-state index contributed by atoms with van der Waals surface area (Å²) in [6, 6.07) is 5.59. The summed E-state index contributed by atoms with van der Waals surface area (Å²) in [5, 5.41) is 15.8. The topological polar surface area (TPSA) is 134 Å². The van der Waals surface area contributed by atoms with Gasteiger partial charge in [-0.15, -0.1) is 21.5 Å². The van der Waals surface area contributed by atoms with Gasteiger partial charge >= 0.3 is 0 Å². The Labute approximate surface area is 191 Å². The zero-order chi connectivity index (χ0) is 22.6. The molecular weight excluding hydrogens is 480 g/mol. The van der Waals surface area contributed by atoms with Crippen LogP contribution in [-0.2, 0) is 14.8 Å². The Morgan fingerprint density at radius 2 is 1.81 bits per heavy atom. The molecule has 2 aromatic heterocycles. The highest BCUT2D eigenvalue weighted by Gasteiger charge is 2.18. The maximum atomic E-state index is 12.4. The number of anilines is 2. The van der Waals surface area contributed by atoms with Gasteiger partial charge < -0.3 is 5.32 Å². The number of carbonyl (C=O) groups excluding carboxylic acids is 2. The molecule has 0 atom stereocenters. The van der Waals surface area contributed by atoms with Gasteiger partial charge in [-0.2, -0.15) is 0 Å². The molecule has 0 saturated carbocycles. The Hall–Kier alpha value is -2.39. The number of benzene rings is 1. The molecule has 0 saturated heterocycles. The molecule has 164 valence electrons. The Balaban J connectivity index is 1.54. The third kappa shape index (κ3) is 6.07. The maximum Gasteiger partial charge on any atom is 0.257 e. The first-order valence-electron chi connectivity index (χ1n) is 8.67. The summed E-state index contributed by atoms with van der Waals surface area (Å²) in [6.45, 7) is 1.85. The van der Waals surface area contributed by atoms with Crippen LogP contribution in [0.1, 0.15) is 16.1 Å². The summed E-state index contributed by atoms with van der Waals surface area (Å²) in [6.07, 6.45) is 0. The summed E-state index contributed by atoms with van der Waals surface area (Å²) in [7, 11) is -0.694. The number of hydrogen-bond donors (Lipinski definition) is 2. The van der Waals surface area contributed by atoms with Gasteiger partial charge in [-0.1, -0.05) is 23.1 Å². The minimum Gasteiger partial charge on any atom is -0.301 e. The van der Waals surface area contributed by atoms with Crippen molar-refractivity contribution in [2.75, 3.05) is 30.5 Å². The fourth-order valence-corrected chi connectivity index (χ4v) is 5.32. The number of nitrogens with one attached hydrogen (secondary N) is 2. The minimum absolute atomic E-state index is 0.0924. The summed E-state index contributed by atoms with van der Waals surface area (Å²) in [5.74, 6) is -0.533. The summed E-state index contributed by atoms with van der Waals surface area (Å²) in [4.78, 5) is 28.6. The van der Waals surface area contributed by atoms with Crippen molar-refractivity contribution in [1.82, 2.24) is 19.5 Å². The number of aryl methyl sites for hydroxylation is 1. The lowest BCUT2D eigenvalue weighted by molar-refractivity contribution is -0.113. The number of hydrogen-bond acceptors (Lipinski definition) is 10. The van der Waals surface area contributed by atoms with Crippen molar-refractivity contribution in [2.45, 2.75) is 16.2 Å². The average molecular weight is 499 g/mol. The van der Waals surface area contributed by atoms with E-state index in [4.69, 9.17) is 0 Å². The average Bonchev–Trinajstić information content (AvgIpc) is 3.34. The second-order valence-electron chi connectivity index (χ2n) is 6.27. The van der Waals surface area contributed by atoms with E-state index in [1.165, 1.54) is 61.5 Å². The summed E-state index contributed by atoms with van der Waals surface area (Å²) >= 11 is 3.68. The number of sulfonamides is 1. The van der Waals surface area contributed by atoms with Crippen molar-refractivity contribution in [3.05, 3.63) is 40.9 Å². The number of amides is 2. The van der Waals surface area contributed by atoms with E-state index < -0.39 is 15.9 Å². The molecule has 1 aromatic carbocycles. The van der Waals surface area contributed by atoms with Gasteiger partial charge in [-0.25, -0.2) is 17.7 Å². The summed E-state index contributed by atoms with van der Waals surface area (Å²) in [5.41, 5.74) is 1.12. The van der Waals surface area contributed by atoms with Crippen LogP contribution in [0.5, 0.6) is 0 Å². The molecule has 0 fully saturated rings. The Kier molecular flexibility index (Phi) is 7.38. The molecule has 0 bridgehead atoms. The van der Waals surface area contributed by atoms with Crippen LogP contribution in [0.2, 0.25) is 0 Å². The van der Waals surface area contributed by atoms with Gasteiger partial charge in [-0.05, 0) is 31.2 Å². The zero-order valence-electron chi connectivity index (χ0n) is 16.6. The van der Waals surface area contributed by atoms with Crippen LogP contribution in [0.4, 0.5) is 10.3 Å². The fourth-order valence-electron chi connectivity index (χ4n) is 2.17. The Bertz CT molecular complexity index is 1190. The van der Waals surface area contributed by atoms with Gasteiger partial charge in [0.2, 0.25) is 21.1 Å². The van der Waals surface area contributed by atoms with E-state index in [2.05, 4.69) is 25.8 Å². The third-order valence-corrected chi connectivity index (χ3v) is 8.39. The van der Waals surface area contributed by atoms with E-state index in [-0.39, 0.29) is 27.3 Å². The normalized spacial score (nSPS) is 11.5. The first-order chi connectivity index (χ1) is 14.6. The van der Waals surface area contributed by atoms with Crippen molar-refractivity contribution in [1.29, 1.82) is 0 Å². The van der Waals surface area contributed by atoms with Gasteiger partial charge in [0.1, 0.15) is 0 Å². The van der Waals surface area contributed by atoms with Crippen LogP contribution in [0.25, 0.3) is 0 Å². The molecule has 0 spiro atoms. The maximum absolute atomic E-state index is 12.4. The van der Waals surface area contributed by atoms with Gasteiger partial charge in [0.05, 0.1) is 16.3 Å². The lowest BCUT2D eigenvalue weighted by Crippen LogP contribution is -2.22. The largest absolute Gasteiger partial charge is 0.301 e. The highest BCUT2D eigenvalue weighted by molar-refractivity contribution is 8.01. The number of thiazole rings is 1. The van der Waals surface area contributed by atoms with Crippen LogP contribution in [0, 0.1) is 6.92 Å². The molecule has 3 rings (SSSR count). The minimum atomic E-state index is -3.56. The molecular formula is C17H18N6O4S4. The van der Waals surface area contributed by atoms with Crippen molar-refractivity contribution in [2.24, 2.45) is 0 Å².